The maximum absolute atomic E-state index is 10.5. The Balaban J connectivity index is 1.04. The molecule has 5 heteroatoms. The summed E-state index contributed by atoms with van der Waals surface area (Å²) in [5.41, 5.74) is 12.8. The zero-order chi connectivity index (χ0) is 36.6. The summed E-state index contributed by atoms with van der Waals surface area (Å²) < 4.78 is 6.90. The van der Waals surface area contributed by atoms with E-state index in [4.69, 9.17) is 0 Å². The topological polar surface area (TPSA) is 62.4 Å². The Labute approximate surface area is 316 Å². The van der Waals surface area contributed by atoms with E-state index in [0.29, 0.717) is 11.1 Å². The van der Waals surface area contributed by atoms with Crippen LogP contribution in [-0.2, 0) is 0 Å². The molecule has 0 aliphatic carbocycles. The second-order valence-electron chi connectivity index (χ2n) is 14.0. The van der Waals surface area contributed by atoms with Crippen LogP contribution in [-0.4, -0.2) is 13.7 Å². The molecule has 11 rings (SSSR count). The summed E-state index contributed by atoms with van der Waals surface area (Å²) >= 11 is 0. The van der Waals surface area contributed by atoms with Gasteiger partial charge in [-0.15, -0.1) is 0 Å². The average molecular weight is 700 g/mol. The number of para-hydroxylation sites is 4. The van der Waals surface area contributed by atoms with Crippen LogP contribution in [0.3, 0.4) is 0 Å². The largest absolute Gasteiger partial charge is 0.309 e. The summed E-state index contributed by atoms with van der Waals surface area (Å²) in [4.78, 5) is 0. The van der Waals surface area contributed by atoms with Gasteiger partial charge in [-0.2, -0.15) is 10.5 Å². The van der Waals surface area contributed by atoms with E-state index in [2.05, 4.69) is 159 Å². The van der Waals surface area contributed by atoms with Crippen molar-refractivity contribution in [2.24, 2.45) is 0 Å². The van der Waals surface area contributed by atoms with Gasteiger partial charge in [0.25, 0.3) is 0 Å². The summed E-state index contributed by atoms with van der Waals surface area (Å²) in [6, 6.07) is 66.0. The van der Waals surface area contributed by atoms with Crippen molar-refractivity contribution in [1.29, 1.82) is 10.5 Å². The van der Waals surface area contributed by atoms with Crippen molar-refractivity contribution in [1.82, 2.24) is 13.7 Å². The fourth-order valence-corrected chi connectivity index (χ4v) is 8.75. The number of rotatable bonds is 4. The molecule has 0 spiro atoms. The molecule has 8 aromatic carbocycles. The number of hydrogen-bond donors (Lipinski definition) is 0. The quantitative estimate of drug-likeness (QED) is 0.184. The van der Waals surface area contributed by atoms with Gasteiger partial charge in [-0.25, -0.2) is 0 Å². The Morgan fingerprint density at radius 2 is 0.873 bits per heavy atom. The van der Waals surface area contributed by atoms with E-state index in [1.54, 1.807) is 0 Å². The average Bonchev–Trinajstić information content (AvgIpc) is 3.89. The van der Waals surface area contributed by atoms with Crippen LogP contribution in [0.5, 0.6) is 0 Å². The number of nitriles is 2. The molecule has 3 heterocycles. The lowest BCUT2D eigenvalue weighted by Crippen LogP contribution is -1.98. The minimum Gasteiger partial charge on any atom is -0.309 e. The standard InChI is InChI=1S/C50H29N5/c51-30-32-20-26-47-41(28-32)39-12-3-7-16-45(39)54(47)42-27-23-34(29-35(42)31-52)33-21-24-36(25-22-33)53-46-17-8-4-13-40(46)50-48(53)18-9-19-49(50)55-43-14-5-1-10-37(43)38-11-2-6-15-44(38)55/h1-29H. The minimum absolute atomic E-state index is 0.577. The molecule has 55 heavy (non-hydrogen) atoms. The summed E-state index contributed by atoms with van der Waals surface area (Å²) in [6.07, 6.45) is 0. The minimum atomic E-state index is 0.577. The van der Waals surface area contributed by atoms with Crippen LogP contribution >= 0.6 is 0 Å². The number of fused-ring (bicyclic) bond motifs is 9. The van der Waals surface area contributed by atoms with E-state index in [1.807, 2.05) is 42.5 Å². The SMILES string of the molecule is N#Cc1ccc2c(c1)c1ccccc1n2-c1ccc(-c2ccc(-n3c4ccccc4c4c(-n5c6ccccc6c6ccccc65)cccc43)cc2)cc1C#N. The van der Waals surface area contributed by atoms with E-state index in [1.165, 1.54) is 32.6 Å². The predicted molar refractivity (Wildman–Crippen MR) is 224 cm³/mol. The molecule has 0 saturated heterocycles. The normalized spacial score (nSPS) is 11.6. The van der Waals surface area contributed by atoms with Crippen LogP contribution in [0.25, 0.3) is 93.6 Å². The highest BCUT2D eigenvalue weighted by molar-refractivity contribution is 6.16. The molecule has 0 aliphatic rings. The monoisotopic (exact) mass is 699 g/mol. The Morgan fingerprint density at radius 3 is 1.51 bits per heavy atom. The smallest absolute Gasteiger partial charge is 0.101 e. The molecular weight excluding hydrogens is 671 g/mol. The van der Waals surface area contributed by atoms with Crippen LogP contribution in [0.15, 0.2) is 176 Å². The molecule has 11 aromatic rings. The lowest BCUT2D eigenvalue weighted by atomic mass is 10.0. The Hall–Kier alpha value is -7.86. The third-order valence-electron chi connectivity index (χ3n) is 11.1. The molecule has 254 valence electrons. The fourth-order valence-electron chi connectivity index (χ4n) is 8.75. The van der Waals surface area contributed by atoms with Gasteiger partial charge in [-0.1, -0.05) is 97.1 Å². The van der Waals surface area contributed by atoms with Gasteiger partial charge in [0, 0.05) is 38.0 Å². The van der Waals surface area contributed by atoms with E-state index in [9.17, 15) is 10.5 Å². The molecule has 0 atom stereocenters. The third-order valence-corrected chi connectivity index (χ3v) is 11.1. The molecule has 0 bridgehead atoms. The highest BCUT2D eigenvalue weighted by Gasteiger charge is 2.20. The van der Waals surface area contributed by atoms with Crippen molar-refractivity contribution < 1.29 is 0 Å². The fraction of sp³-hybridized carbons (Fsp3) is 0. The van der Waals surface area contributed by atoms with Crippen molar-refractivity contribution in [3.05, 3.63) is 187 Å². The van der Waals surface area contributed by atoms with Gasteiger partial charge in [0.1, 0.15) is 6.07 Å². The first-order valence-electron chi connectivity index (χ1n) is 18.3. The van der Waals surface area contributed by atoms with E-state index in [-0.39, 0.29) is 0 Å². The first-order chi connectivity index (χ1) is 27.2. The summed E-state index contributed by atoms with van der Waals surface area (Å²) in [5.74, 6) is 0. The van der Waals surface area contributed by atoms with E-state index >= 15 is 0 Å². The second-order valence-corrected chi connectivity index (χ2v) is 14.0. The number of nitrogens with zero attached hydrogens (tertiary/aromatic N) is 5. The van der Waals surface area contributed by atoms with Crippen molar-refractivity contribution in [2.75, 3.05) is 0 Å². The van der Waals surface area contributed by atoms with Crippen LogP contribution in [0.4, 0.5) is 0 Å². The maximum Gasteiger partial charge on any atom is 0.101 e. The van der Waals surface area contributed by atoms with Gasteiger partial charge in [-0.05, 0) is 90.0 Å². The van der Waals surface area contributed by atoms with Gasteiger partial charge < -0.3 is 13.7 Å². The number of hydrogen-bond acceptors (Lipinski definition) is 2. The first kappa shape index (κ1) is 30.7. The van der Waals surface area contributed by atoms with Crippen molar-refractivity contribution in [2.45, 2.75) is 0 Å². The number of aromatic nitrogens is 3. The Morgan fingerprint density at radius 1 is 0.345 bits per heavy atom. The molecule has 5 nitrogen and oxygen atoms in total. The molecule has 0 saturated carbocycles. The molecule has 0 amide bonds. The molecule has 0 unspecified atom stereocenters. The molecule has 0 radical (unpaired) electrons. The molecule has 0 aliphatic heterocycles. The molecular formula is C50H29N5. The highest BCUT2D eigenvalue weighted by Crippen LogP contribution is 2.40. The summed E-state index contributed by atoms with van der Waals surface area (Å²) in [5, 5.41) is 27.0. The lowest BCUT2D eigenvalue weighted by Gasteiger charge is -2.13. The van der Waals surface area contributed by atoms with Crippen molar-refractivity contribution in [3.63, 3.8) is 0 Å². The van der Waals surface area contributed by atoms with Gasteiger partial charge in [-0.3, -0.25) is 0 Å². The van der Waals surface area contributed by atoms with Crippen molar-refractivity contribution in [3.8, 4) is 40.3 Å². The molecule has 0 N–H and O–H groups in total. The Bertz CT molecular complexity index is 3400. The summed E-state index contributed by atoms with van der Waals surface area (Å²) in [7, 11) is 0. The second kappa shape index (κ2) is 11.8. The Kier molecular flexibility index (Phi) is 6.61. The van der Waals surface area contributed by atoms with E-state index in [0.717, 1.165) is 61.0 Å². The van der Waals surface area contributed by atoms with Crippen LogP contribution in [0.2, 0.25) is 0 Å². The van der Waals surface area contributed by atoms with Crippen LogP contribution in [0, 0.1) is 22.7 Å². The first-order valence-corrected chi connectivity index (χ1v) is 18.3. The zero-order valence-corrected chi connectivity index (χ0v) is 29.5. The van der Waals surface area contributed by atoms with Crippen LogP contribution < -0.4 is 0 Å². The summed E-state index contributed by atoms with van der Waals surface area (Å²) in [6.45, 7) is 0. The van der Waals surface area contributed by atoms with Gasteiger partial charge in [0.2, 0.25) is 0 Å². The van der Waals surface area contributed by atoms with E-state index < -0.39 is 0 Å². The van der Waals surface area contributed by atoms with Crippen molar-refractivity contribution >= 4 is 65.4 Å². The maximum atomic E-state index is 10.5. The van der Waals surface area contributed by atoms with Gasteiger partial charge >= 0.3 is 0 Å². The predicted octanol–water partition coefficient (Wildman–Crippen LogP) is 12.4. The van der Waals surface area contributed by atoms with Crippen LogP contribution in [0.1, 0.15) is 11.1 Å². The van der Waals surface area contributed by atoms with Gasteiger partial charge in [0.05, 0.1) is 61.7 Å². The highest BCUT2D eigenvalue weighted by atomic mass is 15.0. The molecule has 0 fully saturated rings. The molecule has 3 aromatic heterocycles. The number of benzene rings is 8. The third kappa shape index (κ3) is 4.45. The zero-order valence-electron chi connectivity index (χ0n) is 29.5. The lowest BCUT2D eigenvalue weighted by molar-refractivity contribution is 1.16. The van der Waals surface area contributed by atoms with Gasteiger partial charge in [0.15, 0.2) is 0 Å².